The predicted octanol–water partition coefficient (Wildman–Crippen LogP) is 1.48. The molecule has 0 atom stereocenters. The van der Waals surface area contributed by atoms with Crippen LogP contribution in [0.15, 0.2) is 12.2 Å². The van der Waals surface area contributed by atoms with Gasteiger partial charge in [0.15, 0.2) is 0 Å². The highest BCUT2D eigenvalue weighted by atomic mass is 16.6. The summed E-state index contributed by atoms with van der Waals surface area (Å²) in [5.41, 5.74) is 0.367. The number of carbonyl (C=O) groups excluding carboxylic acids is 2. The average Bonchev–Trinajstić information content (AvgIpc) is 2.40. The van der Waals surface area contributed by atoms with Gasteiger partial charge in [-0.25, -0.2) is 4.79 Å². The SMILES string of the molecule is C=C(C)C(=O)OCCOCCOCCOC(=O)CCC. The summed E-state index contributed by atoms with van der Waals surface area (Å²) in [5.74, 6) is -0.620. The zero-order chi connectivity index (χ0) is 15.2. The molecule has 0 aliphatic rings. The van der Waals surface area contributed by atoms with Crippen molar-refractivity contribution in [1.82, 2.24) is 0 Å². The average molecular weight is 288 g/mol. The summed E-state index contributed by atoms with van der Waals surface area (Å²) >= 11 is 0. The van der Waals surface area contributed by atoms with E-state index in [4.69, 9.17) is 18.9 Å². The summed E-state index contributed by atoms with van der Waals surface area (Å²) in [6, 6.07) is 0. The van der Waals surface area contributed by atoms with Crippen LogP contribution in [-0.4, -0.2) is 51.6 Å². The Morgan fingerprint density at radius 1 is 0.900 bits per heavy atom. The first-order valence-electron chi connectivity index (χ1n) is 6.71. The summed E-state index contributed by atoms with van der Waals surface area (Å²) < 4.78 is 20.1. The van der Waals surface area contributed by atoms with Crippen molar-refractivity contribution in [2.24, 2.45) is 0 Å². The van der Waals surface area contributed by atoms with Crippen molar-refractivity contribution in [2.75, 3.05) is 39.6 Å². The molecule has 0 aromatic rings. The molecule has 0 unspecified atom stereocenters. The molecule has 0 N–H and O–H groups in total. The highest BCUT2D eigenvalue weighted by Crippen LogP contribution is 1.92. The zero-order valence-corrected chi connectivity index (χ0v) is 12.3. The number of ether oxygens (including phenoxy) is 4. The molecule has 0 aliphatic carbocycles. The third kappa shape index (κ3) is 11.7. The smallest absolute Gasteiger partial charge is 0.333 e. The molecule has 0 radical (unpaired) electrons. The van der Waals surface area contributed by atoms with Gasteiger partial charge in [0, 0.05) is 12.0 Å². The summed E-state index contributed by atoms with van der Waals surface area (Å²) in [6.45, 7) is 8.89. The van der Waals surface area contributed by atoms with Gasteiger partial charge in [0.2, 0.25) is 0 Å². The van der Waals surface area contributed by atoms with E-state index < -0.39 is 5.97 Å². The van der Waals surface area contributed by atoms with Crippen LogP contribution in [0, 0.1) is 0 Å². The maximum Gasteiger partial charge on any atom is 0.333 e. The highest BCUT2D eigenvalue weighted by molar-refractivity contribution is 5.86. The number of hydrogen-bond acceptors (Lipinski definition) is 6. The van der Waals surface area contributed by atoms with Crippen molar-refractivity contribution < 1.29 is 28.5 Å². The summed E-state index contributed by atoms with van der Waals surface area (Å²) in [6.07, 6.45) is 1.22. The second kappa shape index (κ2) is 12.6. The first-order chi connectivity index (χ1) is 9.57. The van der Waals surface area contributed by atoms with Gasteiger partial charge in [0.05, 0.1) is 26.4 Å². The third-order valence-electron chi connectivity index (χ3n) is 2.13. The Kier molecular flexibility index (Phi) is 11.7. The largest absolute Gasteiger partial charge is 0.463 e. The van der Waals surface area contributed by atoms with E-state index in [1.165, 1.54) is 0 Å². The lowest BCUT2D eigenvalue weighted by molar-refractivity contribution is -0.145. The molecular formula is C14H24O6. The second-order valence-corrected chi connectivity index (χ2v) is 4.11. The summed E-state index contributed by atoms with van der Waals surface area (Å²) in [7, 11) is 0. The van der Waals surface area contributed by atoms with Crippen molar-refractivity contribution >= 4 is 11.9 Å². The number of carbonyl (C=O) groups is 2. The van der Waals surface area contributed by atoms with E-state index in [0.29, 0.717) is 38.4 Å². The Balaban J connectivity index is 3.19. The van der Waals surface area contributed by atoms with Crippen molar-refractivity contribution in [2.45, 2.75) is 26.7 Å². The molecule has 0 aromatic heterocycles. The fraction of sp³-hybridized carbons (Fsp3) is 0.714. The van der Waals surface area contributed by atoms with Gasteiger partial charge in [0.25, 0.3) is 0 Å². The Labute approximate surface area is 120 Å². The maximum atomic E-state index is 11.0. The van der Waals surface area contributed by atoms with Gasteiger partial charge in [-0.3, -0.25) is 4.79 Å². The van der Waals surface area contributed by atoms with E-state index in [9.17, 15) is 9.59 Å². The Hall–Kier alpha value is -1.40. The minimum Gasteiger partial charge on any atom is -0.463 e. The number of esters is 2. The van der Waals surface area contributed by atoms with Crippen LogP contribution < -0.4 is 0 Å². The topological polar surface area (TPSA) is 71.1 Å². The van der Waals surface area contributed by atoms with Crippen molar-refractivity contribution in [3.8, 4) is 0 Å². The van der Waals surface area contributed by atoms with Crippen LogP contribution in [0.3, 0.4) is 0 Å². The molecule has 0 saturated carbocycles. The lowest BCUT2D eigenvalue weighted by Crippen LogP contribution is -2.15. The Morgan fingerprint density at radius 2 is 1.40 bits per heavy atom. The zero-order valence-electron chi connectivity index (χ0n) is 12.3. The van der Waals surface area contributed by atoms with Gasteiger partial charge in [-0.2, -0.15) is 0 Å². The molecule has 0 amide bonds. The van der Waals surface area contributed by atoms with Gasteiger partial charge in [0.1, 0.15) is 13.2 Å². The van der Waals surface area contributed by atoms with E-state index in [0.717, 1.165) is 6.42 Å². The molecule has 6 nitrogen and oxygen atoms in total. The van der Waals surface area contributed by atoms with Gasteiger partial charge in [-0.15, -0.1) is 0 Å². The molecule has 0 spiro atoms. The van der Waals surface area contributed by atoms with E-state index in [1.807, 2.05) is 6.92 Å². The fourth-order valence-electron chi connectivity index (χ4n) is 1.13. The van der Waals surface area contributed by atoms with Crippen LogP contribution in [0.25, 0.3) is 0 Å². The first-order valence-corrected chi connectivity index (χ1v) is 6.71. The Bertz CT molecular complexity index is 300. The number of rotatable bonds is 12. The van der Waals surface area contributed by atoms with Crippen LogP contribution in [0.5, 0.6) is 0 Å². The van der Waals surface area contributed by atoms with Crippen molar-refractivity contribution in [3.63, 3.8) is 0 Å². The van der Waals surface area contributed by atoms with Crippen LogP contribution >= 0.6 is 0 Å². The molecule has 6 heteroatoms. The van der Waals surface area contributed by atoms with Crippen molar-refractivity contribution in [3.05, 3.63) is 12.2 Å². The molecule has 0 rings (SSSR count). The number of hydrogen-bond donors (Lipinski definition) is 0. The van der Waals surface area contributed by atoms with E-state index >= 15 is 0 Å². The van der Waals surface area contributed by atoms with Gasteiger partial charge in [-0.05, 0) is 13.3 Å². The van der Waals surface area contributed by atoms with Crippen LogP contribution in [0.1, 0.15) is 26.7 Å². The molecule has 0 saturated heterocycles. The normalized spacial score (nSPS) is 10.1. The second-order valence-electron chi connectivity index (χ2n) is 4.11. The first kappa shape index (κ1) is 18.6. The van der Waals surface area contributed by atoms with Gasteiger partial charge < -0.3 is 18.9 Å². The molecule has 20 heavy (non-hydrogen) atoms. The monoisotopic (exact) mass is 288 g/mol. The molecule has 116 valence electrons. The molecular weight excluding hydrogens is 264 g/mol. The van der Waals surface area contributed by atoms with E-state index in [2.05, 4.69) is 6.58 Å². The summed E-state index contributed by atoms with van der Waals surface area (Å²) in [5, 5.41) is 0. The molecule has 0 heterocycles. The van der Waals surface area contributed by atoms with Gasteiger partial charge in [-0.1, -0.05) is 13.5 Å². The van der Waals surface area contributed by atoms with Crippen LogP contribution in [0.4, 0.5) is 0 Å². The van der Waals surface area contributed by atoms with Crippen LogP contribution in [0.2, 0.25) is 0 Å². The third-order valence-corrected chi connectivity index (χ3v) is 2.13. The maximum absolute atomic E-state index is 11.0. The van der Waals surface area contributed by atoms with Crippen LogP contribution in [-0.2, 0) is 28.5 Å². The van der Waals surface area contributed by atoms with Crippen molar-refractivity contribution in [1.29, 1.82) is 0 Å². The van der Waals surface area contributed by atoms with Gasteiger partial charge >= 0.3 is 11.9 Å². The fourth-order valence-corrected chi connectivity index (χ4v) is 1.13. The van der Waals surface area contributed by atoms with E-state index in [1.54, 1.807) is 6.92 Å². The quantitative estimate of drug-likeness (QED) is 0.308. The Morgan fingerprint density at radius 3 is 1.90 bits per heavy atom. The highest BCUT2D eigenvalue weighted by Gasteiger charge is 2.02. The minimum absolute atomic E-state index is 0.195. The molecule has 0 aromatic carbocycles. The minimum atomic E-state index is -0.418. The molecule has 0 fully saturated rings. The predicted molar refractivity (Wildman–Crippen MR) is 73.3 cm³/mol. The lowest BCUT2D eigenvalue weighted by atomic mass is 10.3. The van der Waals surface area contributed by atoms with E-state index in [-0.39, 0.29) is 19.2 Å². The summed E-state index contributed by atoms with van der Waals surface area (Å²) in [4.78, 5) is 22.0. The molecule has 0 bridgehead atoms. The standard InChI is InChI=1S/C14H24O6/c1-4-5-13(15)19-10-8-17-6-7-18-9-11-20-14(16)12(2)3/h2,4-11H2,1,3H3. The lowest BCUT2D eigenvalue weighted by Gasteiger charge is -2.07. The molecule has 0 aliphatic heterocycles.